The molecule has 9 heteroatoms. The number of aromatic nitrogens is 1. The van der Waals surface area contributed by atoms with Crippen LogP contribution in [0.2, 0.25) is 0 Å². The lowest BCUT2D eigenvalue weighted by molar-refractivity contribution is -0.379. The highest BCUT2D eigenvalue weighted by Crippen LogP contribution is 2.24. The number of rotatable bonds is 0. The highest BCUT2D eigenvalue weighted by atomic mass is 35.5. The lowest BCUT2D eigenvalue weighted by Gasteiger charge is -2.17. The highest BCUT2D eigenvalue weighted by Gasteiger charge is 2.28. The van der Waals surface area contributed by atoms with Gasteiger partial charge in [0.2, 0.25) is 12.0 Å². The predicted octanol–water partition coefficient (Wildman–Crippen LogP) is -0.661. The maximum Gasteiger partial charge on any atom is 0.239 e. The predicted molar refractivity (Wildman–Crippen MR) is 66.7 cm³/mol. The molecule has 0 amide bonds. The van der Waals surface area contributed by atoms with Gasteiger partial charge in [-0.1, -0.05) is 23.2 Å². The number of aromatic hydroxyl groups is 1. The standard InChI is InChI=1S/C6H2Cl2O4.C5H5NO.H2O/c7-1-3(9)5(11)2(8)6(12)4(1)10;7-5-2-1-3-6-4-5;/h9,12H;1-4,7H;1H2. The zero-order valence-electron chi connectivity index (χ0n) is 9.68. The molecule has 5 N–H and O–H groups in total. The summed E-state index contributed by atoms with van der Waals surface area (Å²) in [6.07, 6.45) is 3.25. The van der Waals surface area contributed by atoms with Crippen molar-refractivity contribution in [2.75, 3.05) is 0 Å². The number of aromatic amines is 1. The molecular weight excluding hydrogens is 313 g/mol. The summed E-state index contributed by atoms with van der Waals surface area (Å²) in [6.45, 7) is 0. The van der Waals surface area contributed by atoms with E-state index in [0.717, 1.165) is 0 Å². The van der Waals surface area contributed by atoms with Crippen molar-refractivity contribution >= 4 is 34.8 Å². The molecule has 0 spiro atoms. The van der Waals surface area contributed by atoms with Crippen LogP contribution in [0.4, 0.5) is 0 Å². The maximum atomic E-state index is 10.8. The number of H-pyrrole nitrogens is 1. The average molecular weight is 322 g/mol. The minimum absolute atomic E-state index is 0. The summed E-state index contributed by atoms with van der Waals surface area (Å²) in [5.74, 6) is -4.19. The normalized spacial score (nSPS) is 14.5. The molecule has 1 aliphatic carbocycles. The Morgan fingerprint density at radius 1 is 1.10 bits per heavy atom. The van der Waals surface area contributed by atoms with E-state index in [9.17, 15) is 14.7 Å². The topological polar surface area (TPSA) is 143 Å². The Morgan fingerprint density at radius 3 is 2.10 bits per heavy atom. The molecule has 0 aromatic carbocycles. The van der Waals surface area contributed by atoms with Crippen LogP contribution in [0.15, 0.2) is 46.1 Å². The zero-order chi connectivity index (χ0) is 14.6. The molecular formula is C11H9Cl2NO6. The third-order valence-electron chi connectivity index (χ3n) is 1.92. The SMILES string of the molecule is O.O=C1C(O)=C(Cl)C(=O)C([O-])=C1Cl.Oc1ccc[nH+]c1. The summed E-state index contributed by atoms with van der Waals surface area (Å²) in [6, 6.07) is 3.34. The fraction of sp³-hybridized carbons (Fsp3) is 0. The number of ketones is 2. The van der Waals surface area contributed by atoms with Crippen molar-refractivity contribution in [3.05, 3.63) is 46.1 Å². The molecule has 1 heterocycles. The van der Waals surface area contributed by atoms with Crippen LogP contribution < -0.4 is 10.1 Å². The summed E-state index contributed by atoms with van der Waals surface area (Å²) in [4.78, 5) is 24.2. The second kappa shape index (κ2) is 7.49. The summed E-state index contributed by atoms with van der Waals surface area (Å²) >= 11 is 10.3. The number of carbonyl (C=O) groups excluding carboxylic acids is 2. The Hall–Kier alpha value is -2.09. The molecule has 0 unspecified atom stereocenters. The van der Waals surface area contributed by atoms with Gasteiger partial charge in [0.05, 0.1) is 5.03 Å². The summed E-state index contributed by atoms with van der Waals surface area (Å²) in [7, 11) is 0. The van der Waals surface area contributed by atoms with Gasteiger partial charge in [-0.3, -0.25) is 9.59 Å². The van der Waals surface area contributed by atoms with Crippen molar-refractivity contribution in [1.82, 2.24) is 0 Å². The molecule has 1 aromatic heterocycles. The van der Waals surface area contributed by atoms with Crippen LogP contribution in [0.5, 0.6) is 5.75 Å². The monoisotopic (exact) mass is 321 g/mol. The third-order valence-corrected chi connectivity index (χ3v) is 2.61. The fourth-order valence-corrected chi connectivity index (χ4v) is 1.34. The van der Waals surface area contributed by atoms with Crippen LogP contribution in [0.3, 0.4) is 0 Å². The van der Waals surface area contributed by atoms with Gasteiger partial charge in [-0.15, -0.1) is 0 Å². The van der Waals surface area contributed by atoms with Crippen LogP contribution in [0.1, 0.15) is 0 Å². The van der Waals surface area contributed by atoms with Gasteiger partial charge < -0.3 is 20.8 Å². The number of halogens is 2. The van der Waals surface area contributed by atoms with Gasteiger partial charge in [0.1, 0.15) is 5.03 Å². The first kappa shape index (κ1) is 17.9. The van der Waals surface area contributed by atoms with Crippen LogP contribution >= 0.6 is 23.2 Å². The van der Waals surface area contributed by atoms with Gasteiger partial charge in [0.25, 0.3) is 0 Å². The van der Waals surface area contributed by atoms with Crippen LogP contribution in [-0.4, -0.2) is 27.3 Å². The Labute approximate surface area is 122 Å². The summed E-state index contributed by atoms with van der Waals surface area (Å²) < 4.78 is 0. The van der Waals surface area contributed by atoms with E-state index >= 15 is 0 Å². The maximum absolute atomic E-state index is 10.8. The number of nitrogens with one attached hydrogen (secondary N) is 1. The fourth-order valence-electron chi connectivity index (χ4n) is 0.997. The van der Waals surface area contributed by atoms with E-state index in [-0.39, 0.29) is 11.2 Å². The van der Waals surface area contributed by atoms with Crippen LogP contribution in [0, 0.1) is 0 Å². The van der Waals surface area contributed by atoms with Gasteiger partial charge in [-0.05, 0) is 11.8 Å². The van der Waals surface area contributed by atoms with E-state index in [4.69, 9.17) is 33.4 Å². The number of allylic oxidation sites excluding steroid dienone is 2. The summed E-state index contributed by atoms with van der Waals surface area (Å²) in [5, 5.41) is 26.5. The van der Waals surface area contributed by atoms with Crippen molar-refractivity contribution in [3.8, 4) is 5.75 Å². The van der Waals surface area contributed by atoms with Crippen LogP contribution in [0.25, 0.3) is 0 Å². The molecule has 1 aromatic rings. The second-order valence-electron chi connectivity index (χ2n) is 3.23. The number of pyridine rings is 1. The second-order valence-corrected chi connectivity index (χ2v) is 3.98. The molecule has 0 fully saturated rings. The van der Waals surface area contributed by atoms with E-state index in [0.29, 0.717) is 0 Å². The van der Waals surface area contributed by atoms with Crippen molar-refractivity contribution in [1.29, 1.82) is 0 Å². The Bertz CT molecular complexity index is 520. The molecule has 0 saturated heterocycles. The quantitative estimate of drug-likeness (QED) is 0.609. The lowest BCUT2D eigenvalue weighted by Crippen LogP contribution is -2.26. The average Bonchev–Trinajstić information content (AvgIpc) is 2.42. The van der Waals surface area contributed by atoms with Gasteiger partial charge in [-0.2, -0.15) is 0 Å². The van der Waals surface area contributed by atoms with E-state index in [2.05, 4.69) is 4.98 Å². The number of Topliss-reactive ketones (excluding diaryl/α,β-unsaturated/α-hetero) is 2. The molecule has 0 saturated carbocycles. The minimum atomic E-state index is -1.19. The van der Waals surface area contributed by atoms with Gasteiger partial charge in [0, 0.05) is 6.07 Å². The van der Waals surface area contributed by atoms with E-state index in [1.54, 1.807) is 18.3 Å². The summed E-state index contributed by atoms with van der Waals surface area (Å²) in [5.41, 5.74) is 0. The molecule has 108 valence electrons. The zero-order valence-corrected chi connectivity index (χ0v) is 11.2. The number of hydrogen-bond acceptors (Lipinski definition) is 5. The smallest absolute Gasteiger partial charge is 0.239 e. The molecule has 7 nitrogen and oxygen atoms in total. The van der Waals surface area contributed by atoms with Crippen molar-refractivity contribution in [2.45, 2.75) is 0 Å². The van der Waals surface area contributed by atoms with E-state index in [1.807, 2.05) is 0 Å². The first-order valence-electron chi connectivity index (χ1n) is 4.76. The van der Waals surface area contributed by atoms with Crippen LogP contribution in [-0.2, 0) is 9.59 Å². The van der Waals surface area contributed by atoms with Gasteiger partial charge in [-0.25, -0.2) is 4.98 Å². The number of aliphatic hydroxyl groups excluding tert-OH is 1. The Balaban J connectivity index is 0.000000387. The van der Waals surface area contributed by atoms with E-state index < -0.39 is 33.1 Å². The Kier molecular flexibility index (Phi) is 6.70. The molecule has 0 bridgehead atoms. The molecule has 2 rings (SSSR count). The van der Waals surface area contributed by atoms with Gasteiger partial charge in [0.15, 0.2) is 23.5 Å². The first-order chi connectivity index (χ1) is 8.86. The molecule has 0 radical (unpaired) electrons. The highest BCUT2D eigenvalue weighted by molar-refractivity contribution is 6.55. The van der Waals surface area contributed by atoms with Gasteiger partial charge >= 0.3 is 0 Å². The van der Waals surface area contributed by atoms with Crippen molar-refractivity contribution in [2.24, 2.45) is 0 Å². The molecule has 0 atom stereocenters. The Morgan fingerprint density at radius 2 is 1.70 bits per heavy atom. The first-order valence-corrected chi connectivity index (χ1v) is 5.51. The largest absolute Gasteiger partial charge is 0.869 e. The number of hydrogen-bond donors (Lipinski definition) is 2. The molecule has 1 aliphatic rings. The van der Waals surface area contributed by atoms with Crippen molar-refractivity contribution in [3.63, 3.8) is 0 Å². The number of carbonyl (C=O) groups is 2. The minimum Gasteiger partial charge on any atom is -0.869 e. The van der Waals surface area contributed by atoms with E-state index in [1.165, 1.54) is 6.20 Å². The lowest BCUT2D eigenvalue weighted by atomic mass is 10.1. The third kappa shape index (κ3) is 3.95. The van der Waals surface area contributed by atoms with Crippen molar-refractivity contribution < 1.29 is 35.4 Å². The molecule has 20 heavy (non-hydrogen) atoms. The number of aliphatic hydroxyl groups is 1. The molecule has 0 aliphatic heterocycles.